The van der Waals surface area contributed by atoms with E-state index < -0.39 is 0 Å². The van der Waals surface area contributed by atoms with E-state index in [1.54, 1.807) is 0 Å². The van der Waals surface area contributed by atoms with Crippen LogP contribution in [-0.2, 0) is 0 Å². The number of nitriles is 1. The lowest BCUT2D eigenvalue weighted by Crippen LogP contribution is -1.92. The molecule has 0 spiro atoms. The second-order valence-electron chi connectivity index (χ2n) is 2.91. The van der Waals surface area contributed by atoms with Gasteiger partial charge in [0.1, 0.15) is 29.5 Å². The number of halogens is 1. The maximum atomic E-state index is 12.6. The Labute approximate surface area is 91.0 Å². The topological polar surface area (TPSA) is 58.8 Å². The van der Waals surface area contributed by atoms with Gasteiger partial charge in [-0.05, 0) is 24.3 Å². The maximum Gasteiger partial charge on any atom is 0.240 e. The highest BCUT2D eigenvalue weighted by Crippen LogP contribution is 2.21. The largest absolute Gasteiger partial charge is 0.438 e. The van der Waals surface area contributed by atoms with Crippen molar-refractivity contribution in [3.8, 4) is 17.7 Å². The van der Waals surface area contributed by atoms with Crippen LogP contribution in [0.5, 0.6) is 11.6 Å². The molecule has 0 atom stereocenters. The summed E-state index contributed by atoms with van der Waals surface area (Å²) in [4.78, 5) is 7.52. The fourth-order valence-electron chi connectivity index (χ4n) is 1.09. The van der Waals surface area contributed by atoms with E-state index in [1.807, 2.05) is 6.07 Å². The first-order chi connectivity index (χ1) is 7.79. The molecule has 1 heterocycles. The number of hydrogen-bond acceptors (Lipinski definition) is 4. The summed E-state index contributed by atoms with van der Waals surface area (Å²) in [6.07, 6.45) is 2.63. The number of benzene rings is 1. The van der Waals surface area contributed by atoms with Crippen LogP contribution in [0.3, 0.4) is 0 Å². The van der Waals surface area contributed by atoms with Gasteiger partial charge in [-0.25, -0.2) is 14.4 Å². The first-order valence-corrected chi connectivity index (χ1v) is 4.43. The fraction of sp³-hybridized carbons (Fsp3) is 0. The number of aromatic nitrogens is 2. The average molecular weight is 215 g/mol. The van der Waals surface area contributed by atoms with E-state index in [2.05, 4.69) is 9.97 Å². The Morgan fingerprint density at radius 3 is 2.69 bits per heavy atom. The highest BCUT2D eigenvalue weighted by Gasteiger charge is 2.05. The van der Waals surface area contributed by atoms with Crippen LogP contribution < -0.4 is 4.74 Å². The molecule has 0 aliphatic rings. The minimum Gasteiger partial charge on any atom is -0.438 e. The van der Waals surface area contributed by atoms with Crippen LogP contribution in [0.25, 0.3) is 0 Å². The van der Waals surface area contributed by atoms with Gasteiger partial charge in [0, 0.05) is 0 Å². The molecule has 1 aromatic carbocycles. The van der Waals surface area contributed by atoms with E-state index in [9.17, 15) is 4.39 Å². The van der Waals surface area contributed by atoms with Crippen LogP contribution in [0.4, 0.5) is 4.39 Å². The summed E-state index contributed by atoms with van der Waals surface area (Å²) in [6, 6.07) is 7.35. The molecule has 0 radical (unpaired) electrons. The molecule has 0 amide bonds. The van der Waals surface area contributed by atoms with Crippen molar-refractivity contribution in [2.45, 2.75) is 0 Å². The molecule has 1 aromatic heterocycles. The van der Waals surface area contributed by atoms with E-state index in [1.165, 1.54) is 36.8 Å². The zero-order valence-electron chi connectivity index (χ0n) is 8.09. The number of ether oxygens (including phenoxy) is 1. The SMILES string of the molecule is N#Cc1cncnc1Oc1ccc(F)cc1. The van der Waals surface area contributed by atoms with Gasteiger partial charge in [-0.2, -0.15) is 5.26 Å². The fourth-order valence-corrected chi connectivity index (χ4v) is 1.09. The van der Waals surface area contributed by atoms with Crippen molar-refractivity contribution in [3.05, 3.63) is 48.2 Å². The summed E-state index contributed by atoms with van der Waals surface area (Å²) in [5.41, 5.74) is 0.229. The van der Waals surface area contributed by atoms with Gasteiger partial charge in [0.2, 0.25) is 5.88 Å². The van der Waals surface area contributed by atoms with E-state index in [-0.39, 0.29) is 17.3 Å². The summed E-state index contributed by atoms with van der Waals surface area (Å²) in [6.45, 7) is 0. The summed E-state index contributed by atoms with van der Waals surface area (Å²) < 4.78 is 18.0. The highest BCUT2D eigenvalue weighted by molar-refractivity contribution is 5.38. The minimum absolute atomic E-state index is 0.157. The van der Waals surface area contributed by atoms with Gasteiger partial charge in [-0.1, -0.05) is 0 Å². The zero-order chi connectivity index (χ0) is 11.4. The Morgan fingerprint density at radius 1 is 1.25 bits per heavy atom. The molecule has 5 heteroatoms. The summed E-state index contributed by atoms with van der Waals surface area (Å²) >= 11 is 0. The highest BCUT2D eigenvalue weighted by atomic mass is 19.1. The van der Waals surface area contributed by atoms with Crippen molar-refractivity contribution < 1.29 is 9.13 Å². The molecular weight excluding hydrogens is 209 g/mol. The quantitative estimate of drug-likeness (QED) is 0.771. The third-order valence-electron chi connectivity index (χ3n) is 1.82. The van der Waals surface area contributed by atoms with Crippen LogP contribution in [-0.4, -0.2) is 9.97 Å². The van der Waals surface area contributed by atoms with Gasteiger partial charge < -0.3 is 4.74 Å². The molecule has 0 saturated carbocycles. The Kier molecular flexibility index (Phi) is 2.74. The lowest BCUT2D eigenvalue weighted by Gasteiger charge is -2.04. The first kappa shape index (κ1) is 10.1. The third kappa shape index (κ3) is 2.12. The summed E-state index contributed by atoms with van der Waals surface area (Å²) in [7, 11) is 0. The van der Waals surface area contributed by atoms with Gasteiger partial charge in [0.05, 0.1) is 6.20 Å². The second-order valence-corrected chi connectivity index (χ2v) is 2.91. The molecule has 16 heavy (non-hydrogen) atoms. The summed E-state index contributed by atoms with van der Waals surface area (Å²) in [5, 5.41) is 8.77. The maximum absolute atomic E-state index is 12.6. The van der Waals surface area contributed by atoms with Gasteiger partial charge in [0.15, 0.2) is 0 Å². The number of nitrogens with zero attached hydrogens (tertiary/aromatic N) is 3. The van der Waals surface area contributed by atoms with Gasteiger partial charge in [-0.3, -0.25) is 0 Å². The Hall–Kier alpha value is -2.48. The van der Waals surface area contributed by atoms with Crippen molar-refractivity contribution in [3.63, 3.8) is 0 Å². The van der Waals surface area contributed by atoms with E-state index in [4.69, 9.17) is 10.00 Å². The van der Waals surface area contributed by atoms with Crippen molar-refractivity contribution in [1.82, 2.24) is 9.97 Å². The molecule has 0 aliphatic carbocycles. The minimum atomic E-state index is -0.351. The molecule has 0 unspecified atom stereocenters. The second kappa shape index (κ2) is 4.36. The molecule has 0 bridgehead atoms. The first-order valence-electron chi connectivity index (χ1n) is 4.43. The van der Waals surface area contributed by atoms with Gasteiger partial charge in [-0.15, -0.1) is 0 Å². The number of hydrogen-bond donors (Lipinski definition) is 0. The predicted molar refractivity (Wildman–Crippen MR) is 53.2 cm³/mol. The van der Waals surface area contributed by atoms with Crippen LogP contribution in [0.2, 0.25) is 0 Å². The Balaban J connectivity index is 2.27. The molecule has 0 N–H and O–H groups in total. The Morgan fingerprint density at radius 2 is 2.00 bits per heavy atom. The molecule has 2 aromatic rings. The molecule has 0 saturated heterocycles. The molecule has 0 aliphatic heterocycles. The van der Waals surface area contributed by atoms with Crippen LogP contribution in [0, 0.1) is 17.1 Å². The van der Waals surface area contributed by atoms with Crippen molar-refractivity contribution in [2.24, 2.45) is 0 Å². The normalized spacial score (nSPS) is 9.50. The zero-order valence-corrected chi connectivity index (χ0v) is 8.09. The van der Waals surface area contributed by atoms with E-state index in [0.29, 0.717) is 5.75 Å². The van der Waals surface area contributed by atoms with Gasteiger partial charge >= 0.3 is 0 Å². The van der Waals surface area contributed by atoms with E-state index in [0.717, 1.165) is 0 Å². The lowest BCUT2D eigenvalue weighted by atomic mass is 10.3. The van der Waals surface area contributed by atoms with Crippen LogP contribution in [0.1, 0.15) is 5.56 Å². The van der Waals surface area contributed by atoms with Gasteiger partial charge in [0.25, 0.3) is 0 Å². The lowest BCUT2D eigenvalue weighted by molar-refractivity contribution is 0.458. The smallest absolute Gasteiger partial charge is 0.240 e. The average Bonchev–Trinajstić information content (AvgIpc) is 2.33. The van der Waals surface area contributed by atoms with Crippen LogP contribution >= 0.6 is 0 Å². The molecular formula is C11H6FN3O. The molecule has 78 valence electrons. The number of rotatable bonds is 2. The third-order valence-corrected chi connectivity index (χ3v) is 1.82. The molecule has 0 fully saturated rings. The monoisotopic (exact) mass is 215 g/mol. The van der Waals surface area contributed by atoms with Crippen molar-refractivity contribution >= 4 is 0 Å². The molecule has 4 nitrogen and oxygen atoms in total. The summed E-state index contributed by atoms with van der Waals surface area (Å²) in [5.74, 6) is 0.219. The van der Waals surface area contributed by atoms with Crippen molar-refractivity contribution in [2.75, 3.05) is 0 Å². The predicted octanol–water partition coefficient (Wildman–Crippen LogP) is 2.28. The standard InChI is InChI=1S/C11H6FN3O/c12-9-1-3-10(4-2-9)16-11-8(5-13)6-14-7-15-11/h1-4,6-7H. The molecule has 2 rings (SSSR count). The van der Waals surface area contributed by atoms with E-state index >= 15 is 0 Å². The van der Waals surface area contributed by atoms with Crippen LogP contribution in [0.15, 0.2) is 36.8 Å². The van der Waals surface area contributed by atoms with Crippen molar-refractivity contribution in [1.29, 1.82) is 5.26 Å². The Bertz CT molecular complexity index is 534.